The fourth-order valence-corrected chi connectivity index (χ4v) is 8.35. The maximum atomic E-state index is 16.7. The number of nitrogens with two attached hydrogens (primary N) is 1. The molecule has 0 spiro atoms. The highest BCUT2D eigenvalue weighted by atomic mass is 32.1. The molecule has 3 aromatic heterocycles. The Morgan fingerprint density at radius 3 is 2.59 bits per heavy atom. The summed E-state index contributed by atoms with van der Waals surface area (Å²) in [6.07, 6.45) is 5.84. The molecule has 6 heterocycles. The van der Waals surface area contributed by atoms with E-state index in [4.69, 9.17) is 15.5 Å². The van der Waals surface area contributed by atoms with Crippen molar-refractivity contribution >= 4 is 43.1 Å². The number of rotatable bonds is 7. The molecular formula is C32H32F4N8OS. The number of anilines is 2. The van der Waals surface area contributed by atoms with E-state index >= 15 is 4.39 Å². The first kappa shape index (κ1) is 29.6. The molecule has 3 aliphatic heterocycles. The lowest BCUT2D eigenvalue weighted by atomic mass is 10.0. The Morgan fingerprint density at radius 2 is 1.91 bits per heavy atom. The average molecular weight is 653 g/mol. The summed E-state index contributed by atoms with van der Waals surface area (Å²) >= 11 is 0.726. The molecule has 8 rings (SSSR count). The van der Waals surface area contributed by atoms with Crippen LogP contribution < -0.4 is 20.7 Å². The SMILES string of the molecule is C[C@@]1(F)CCN(CC2(COc3nc(N4CC5CCC(C4)N5)c4cnc(-c5cc(F)c(F)c6sc(N)c(C#N)c56)c(F)c4n3)CC2)C1. The number of ether oxygens (including phenoxy) is 1. The number of likely N-dealkylation sites (tertiary alicyclic amines) is 1. The Balaban J connectivity index is 1.21. The zero-order valence-electron chi connectivity index (χ0n) is 25.2. The largest absolute Gasteiger partial charge is 0.463 e. The summed E-state index contributed by atoms with van der Waals surface area (Å²) in [5, 5.41) is 13.7. The van der Waals surface area contributed by atoms with Crippen LogP contribution in [0.1, 0.15) is 44.6 Å². The number of thiophene rings is 1. The number of aromatic nitrogens is 3. The first-order chi connectivity index (χ1) is 22.0. The molecule has 1 aromatic carbocycles. The molecule has 3 saturated heterocycles. The number of nitrogens with zero attached hydrogens (tertiary/aromatic N) is 6. The van der Waals surface area contributed by atoms with Gasteiger partial charge in [0.2, 0.25) is 0 Å². The third kappa shape index (κ3) is 5.00. The normalized spacial score (nSPS) is 25.4. The minimum absolute atomic E-state index is 0.000353. The van der Waals surface area contributed by atoms with Gasteiger partial charge in [0.25, 0.3) is 0 Å². The third-order valence-electron chi connectivity index (χ3n) is 9.94. The lowest BCUT2D eigenvalue weighted by Gasteiger charge is -2.34. The van der Waals surface area contributed by atoms with Gasteiger partial charge in [-0.1, -0.05) is 0 Å². The lowest BCUT2D eigenvalue weighted by Crippen LogP contribution is -2.51. The fraction of sp³-hybridized carbons (Fsp3) is 0.500. The third-order valence-corrected chi connectivity index (χ3v) is 10.9. The van der Waals surface area contributed by atoms with Crippen molar-refractivity contribution in [2.75, 3.05) is 50.0 Å². The Morgan fingerprint density at radius 1 is 1.15 bits per heavy atom. The van der Waals surface area contributed by atoms with Crippen LogP contribution in [0, 0.1) is 34.2 Å². The number of fused-ring (bicyclic) bond motifs is 4. The highest BCUT2D eigenvalue weighted by Gasteiger charge is 2.47. The quantitative estimate of drug-likeness (QED) is 0.256. The van der Waals surface area contributed by atoms with Crippen LogP contribution in [0.4, 0.5) is 28.4 Å². The molecule has 0 radical (unpaired) electrons. The second-order valence-electron chi connectivity index (χ2n) is 13.6. The van der Waals surface area contributed by atoms with E-state index in [-0.39, 0.29) is 60.9 Å². The second kappa shape index (κ2) is 10.6. The summed E-state index contributed by atoms with van der Waals surface area (Å²) < 4.78 is 66.8. The number of alkyl halides is 1. The molecule has 9 nitrogen and oxygen atoms in total. The summed E-state index contributed by atoms with van der Waals surface area (Å²) in [6, 6.07) is 3.32. The number of pyridine rings is 1. The highest BCUT2D eigenvalue weighted by Crippen LogP contribution is 2.48. The summed E-state index contributed by atoms with van der Waals surface area (Å²) in [4.78, 5) is 17.9. The molecule has 0 amide bonds. The number of nitrogens with one attached hydrogen (secondary N) is 1. The van der Waals surface area contributed by atoms with Gasteiger partial charge >= 0.3 is 6.01 Å². The fourth-order valence-electron chi connectivity index (χ4n) is 7.38. The molecule has 14 heteroatoms. The molecule has 4 aliphatic rings. The summed E-state index contributed by atoms with van der Waals surface area (Å²) in [7, 11) is 0. The molecule has 4 fully saturated rings. The van der Waals surface area contributed by atoms with E-state index in [2.05, 4.69) is 25.1 Å². The Labute approximate surface area is 266 Å². The van der Waals surface area contributed by atoms with Gasteiger partial charge in [0.1, 0.15) is 33.8 Å². The number of piperazine rings is 1. The van der Waals surface area contributed by atoms with Gasteiger partial charge in [-0.2, -0.15) is 15.2 Å². The zero-order chi connectivity index (χ0) is 32.0. The number of hydrogen-bond donors (Lipinski definition) is 2. The number of hydrogen-bond acceptors (Lipinski definition) is 10. The molecule has 1 aliphatic carbocycles. The number of nitrogen functional groups attached to an aromatic ring is 1. The van der Waals surface area contributed by atoms with E-state index in [0.29, 0.717) is 57.0 Å². The number of nitriles is 1. The van der Waals surface area contributed by atoms with Gasteiger partial charge in [0, 0.05) is 67.4 Å². The standard InChI is InChI=1S/C32H32F4N8OS/c1-31(36)6-7-43(13-31)14-32(4-5-32)15-45-30-41-26-20(29(42-30)44-11-16-2-3-17(12-44)40-16)10-39-25(24(26)35)18-8-21(33)23(34)27-22(18)19(9-37)28(38)46-27/h8,10,16-17,40H,2-7,11-15,38H2,1H3/t16?,17?,31-/m1/s1. The van der Waals surface area contributed by atoms with Crippen molar-refractivity contribution in [3.63, 3.8) is 0 Å². The minimum Gasteiger partial charge on any atom is -0.463 e. The van der Waals surface area contributed by atoms with E-state index in [1.54, 1.807) is 6.92 Å². The van der Waals surface area contributed by atoms with Crippen LogP contribution in [-0.4, -0.2) is 76.9 Å². The van der Waals surface area contributed by atoms with Crippen LogP contribution in [0.25, 0.3) is 32.2 Å². The first-order valence-electron chi connectivity index (χ1n) is 15.5. The van der Waals surface area contributed by atoms with E-state index in [1.165, 1.54) is 6.20 Å². The van der Waals surface area contributed by atoms with Crippen LogP contribution in [0.5, 0.6) is 6.01 Å². The predicted molar refractivity (Wildman–Crippen MR) is 167 cm³/mol. The van der Waals surface area contributed by atoms with E-state index in [1.807, 2.05) is 6.07 Å². The van der Waals surface area contributed by atoms with Gasteiger partial charge in [-0.05, 0) is 45.1 Å². The van der Waals surface area contributed by atoms with Gasteiger partial charge in [0.05, 0.1) is 22.3 Å². The van der Waals surface area contributed by atoms with Crippen molar-refractivity contribution in [3.05, 3.63) is 35.3 Å². The van der Waals surface area contributed by atoms with Crippen LogP contribution in [0.2, 0.25) is 0 Å². The number of benzene rings is 1. The van der Waals surface area contributed by atoms with Crippen molar-refractivity contribution in [1.82, 2.24) is 25.2 Å². The lowest BCUT2D eigenvalue weighted by molar-refractivity contribution is 0.146. The smallest absolute Gasteiger partial charge is 0.319 e. The molecule has 2 unspecified atom stereocenters. The zero-order valence-corrected chi connectivity index (χ0v) is 26.0. The van der Waals surface area contributed by atoms with Gasteiger partial charge in [-0.15, -0.1) is 11.3 Å². The Hall–Kier alpha value is -3.80. The van der Waals surface area contributed by atoms with Gasteiger partial charge in [-0.25, -0.2) is 17.6 Å². The molecule has 240 valence electrons. The summed E-state index contributed by atoms with van der Waals surface area (Å²) in [5.74, 6) is -2.75. The second-order valence-corrected chi connectivity index (χ2v) is 14.6. The molecule has 3 atom stereocenters. The molecule has 1 saturated carbocycles. The molecule has 4 aromatic rings. The van der Waals surface area contributed by atoms with Crippen LogP contribution >= 0.6 is 11.3 Å². The van der Waals surface area contributed by atoms with Gasteiger partial charge < -0.3 is 20.7 Å². The molecular weight excluding hydrogens is 620 g/mol. The van der Waals surface area contributed by atoms with Gasteiger partial charge in [0.15, 0.2) is 17.5 Å². The van der Waals surface area contributed by atoms with E-state index < -0.39 is 23.1 Å². The Bertz CT molecular complexity index is 1930. The average Bonchev–Trinajstić information content (AvgIpc) is 3.41. The van der Waals surface area contributed by atoms with Crippen LogP contribution in [0.3, 0.4) is 0 Å². The van der Waals surface area contributed by atoms with E-state index in [9.17, 15) is 18.4 Å². The van der Waals surface area contributed by atoms with Crippen molar-refractivity contribution in [1.29, 1.82) is 5.26 Å². The topological polar surface area (TPSA) is 116 Å². The van der Waals surface area contributed by atoms with E-state index in [0.717, 1.165) is 43.1 Å². The van der Waals surface area contributed by atoms with Crippen molar-refractivity contribution in [3.8, 4) is 23.3 Å². The minimum atomic E-state index is -1.21. The maximum Gasteiger partial charge on any atom is 0.319 e. The summed E-state index contributed by atoms with van der Waals surface area (Å²) in [6.45, 7) is 5.04. The van der Waals surface area contributed by atoms with Crippen LogP contribution in [0.15, 0.2) is 12.3 Å². The maximum absolute atomic E-state index is 16.7. The Kier molecular flexibility index (Phi) is 6.83. The number of halogens is 4. The highest BCUT2D eigenvalue weighted by molar-refractivity contribution is 7.23. The van der Waals surface area contributed by atoms with Crippen molar-refractivity contribution in [2.45, 2.75) is 56.8 Å². The molecule has 2 bridgehead atoms. The monoisotopic (exact) mass is 652 g/mol. The molecule has 3 N–H and O–H groups in total. The van der Waals surface area contributed by atoms with Crippen LogP contribution in [-0.2, 0) is 0 Å². The van der Waals surface area contributed by atoms with Crippen molar-refractivity contribution in [2.24, 2.45) is 5.41 Å². The van der Waals surface area contributed by atoms with Gasteiger partial charge in [-0.3, -0.25) is 9.88 Å². The van der Waals surface area contributed by atoms with Crippen molar-refractivity contribution < 1.29 is 22.3 Å². The summed E-state index contributed by atoms with van der Waals surface area (Å²) in [5.41, 5.74) is 4.09. The first-order valence-corrected chi connectivity index (χ1v) is 16.4. The predicted octanol–water partition coefficient (Wildman–Crippen LogP) is 5.31. The molecule has 46 heavy (non-hydrogen) atoms.